The van der Waals surface area contributed by atoms with Crippen molar-refractivity contribution in [2.75, 3.05) is 5.73 Å². The summed E-state index contributed by atoms with van der Waals surface area (Å²) >= 11 is 0. The number of hydrogen-bond donors (Lipinski definition) is 1. The quantitative estimate of drug-likeness (QED) is 0.852. The van der Waals surface area contributed by atoms with Gasteiger partial charge >= 0.3 is 6.36 Å². The third-order valence-electron chi connectivity index (χ3n) is 2.57. The molecule has 0 atom stereocenters. The second-order valence-electron chi connectivity index (χ2n) is 3.99. The van der Waals surface area contributed by atoms with E-state index in [0.717, 1.165) is 6.07 Å². The molecule has 0 aliphatic rings. The van der Waals surface area contributed by atoms with E-state index in [0.29, 0.717) is 16.8 Å². The number of hydrogen-bond acceptors (Lipinski definition) is 3. The fraction of sp³-hybridized carbons (Fsp3) is 0.0714. The Morgan fingerprint density at radius 3 is 2.25 bits per heavy atom. The molecule has 0 saturated heterocycles. The molecule has 0 aliphatic heterocycles. The molecule has 2 aromatic carbocycles. The zero-order valence-corrected chi connectivity index (χ0v) is 10.1. The summed E-state index contributed by atoms with van der Waals surface area (Å²) in [4.78, 5) is 0. The van der Waals surface area contributed by atoms with Gasteiger partial charge in [0.2, 0.25) is 0 Å². The van der Waals surface area contributed by atoms with Crippen molar-refractivity contribution in [1.82, 2.24) is 0 Å². The summed E-state index contributed by atoms with van der Waals surface area (Å²) in [6.07, 6.45) is -4.77. The molecule has 0 radical (unpaired) electrons. The number of nitrogens with zero attached hydrogens (tertiary/aromatic N) is 1. The maximum absolute atomic E-state index is 12.2. The minimum Gasteiger partial charge on any atom is -0.406 e. The van der Waals surface area contributed by atoms with Gasteiger partial charge in [0.25, 0.3) is 0 Å². The molecule has 6 heteroatoms. The van der Waals surface area contributed by atoms with Crippen molar-refractivity contribution < 1.29 is 17.9 Å². The van der Waals surface area contributed by atoms with Gasteiger partial charge in [-0.25, -0.2) is 0 Å². The molecular weight excluding hydrogens is 269 g/mol. The number of alkyl halides is 3. The molecule has 0 fully saturated rings. The number of benzene rings is 2. The number of nitrogens with two attached hydrogens (primary N) is 1. The largest absolute Gasteiger partial charge is 0.573 e. The van der Waals surface area contributed by atoms with E-state index in [1.54, 1.807) is 24.3 Å². The van der Waals surface area contributed by atoms with Crippen LogP contribution in [0.3, 0.4) is 0 Å². The van der Waals surface area contributed by atoms with Gasteiger partial charge in [-0.2, -0.15) is 5.26 Å². The Morgan fingerprint density at radius 1 is 1.05 bits per heavy atom. The predicted octanol–water partition coefficient (Wildman–Crippen LogP) is 3.71. The molecule has 0 unspecified atom stereocenters. The van der Waals surface area contributed by atoms with Crippen LogP contribution >= 0.6 is 0 Å². The minimum atomic E-state index is -4.77. The van der Waals surface area contributed by atoms with Crippen LogP contribution < -0.4 is 10.5 Å². The summed E-state index contributed by atoms with van der Waals surface area (Å²) in [5.41, 5.74) is 7.27. The number of halogens is 3. The first kappa shape index (κ1) is 13.7. The first-order chi connectivity index (χ1) is 9.39. The van der Waals surface area contributed by atoms with Crippen LogP contribution in [-0.4, -0.2) is 6.36 Å². The second kappa shape index (κ2) is 5.13. The van der Waals surface area contributed by atoms with Crippen molar-refractivity contribution >= 4 is 5.69 Å². The molecule has 0 aliphatic carbocycles. The summed E-state index contributed by atoms with van der Waals surface area (Å²) in [6, 6.07) is 12.0. The van der Waals surface area contributed by atoms with Gasteiger partial charge in [-0.1, -0.05) is 12.1 Å². The van der Waals surface area contributed by atoms with Gasteiger partial charge in [0.1, 0.15) is 5.75 Å². The Morgan fingerprint density at radius 2 is 1.70 bits per heavy atom. The summed E-state index contributed by atoms with van der Waals surface area (Å²) in [7, 11) is 0. The van der Waals surface area contributed by atoms with E-state index in [2.05, 4.69) is 4.74 Å². The molecule has 0 aromatic heterocycles. The molecule has 20 heavy (non-hydrogen) atoms. The molecule has 102 valence electrons. The molecule has 0 spiro atoms. The van der Waals surface area contributed by atoms with Crippen LogP contribution in [0.25, 0.3) is 11.1 Å². The van der Waals surface area contributed by atoms with Gasteiger partial charge in [-0.05, 0) is 35.9 Å². The van der Waals surface area contributed by atoms with Crippen LogP contribution in [0.5, 0.6) is 5.75 Å². The maximum Gasteiger partial charge on any atom is 0.573 e. The third-order valence-corrected chi connectivity index (χ3v) is 2.57. The van der Waals surface area contributed by atoms with E-state index >= 15 is 0 Å². The summed E-state index contributed by atoms with van der Waals surface area (Å²) in [5, 5.41) is 9.02. The lowest BCUT2D eigenvalue weighted by molar-refractivity contribution is -0.274. The first-order valence-electron chi connectivity index (χ1n) is 5.55. The zero-order valence-electron chi connectivity index (χ0n) is 10.1. The molecular formula is C14H9F3N2O. The van der Waals surface area contributed by atoms with Crippen LogP contribution in [0, 0.1) is 11.3 Å². The first-order valence-corrected chi connectivity index (χ1v) is 5.55. The Kier molecular flexibility index (Phi) is 3.53. The molecule has 0 bridgehead atoms. The lowest BCUT2D eigenvalue weighted by Gasteiger charge is -2.11. The summed E-state index contributed by atoms with van der Waals surface area (Å²) < 4.78 is 40.5. The van der Waals surface area contributed by atoms with Gasteiger partial charge in [0, 0.05) is 11.3 Å². The summed E-state index contributed by atoms with van der Waals surface area (Å²) in [5.74, 6) is -0.372. The fourth-order valence-corrected chi connectivity index (χ4v) is 1.72. The van der Waals surface area contributed by atoms with Crippen LogP contribution in [0.1, 0.15) is 5.56 Å². The van der Waals surface area contributed by atoms with Crippen LogP contribution in [0.2, 0.25) is 0 Å². The standard InChI is InChI=1S/C14H9F3N2O/c15-14(16,17)20-12-6-3-10(8-18)13(7-12)9-1-4-11(19)5-2-9/h1-7H,19H2. The highest BCUT2D eigenvalue weighted by Gasteiger charge is 2.31. The molecule has 2 aromatic rings. The highest BCUT2D eigenvalue weighted by Crippen LogP contribution is 2.31. The lowest BCUT2D eigenvalue weighted by Crippen LogP contribution is -2.17. The van der Waals surface area contributed by atoms with E-state index in [9.17, 15) is 13.2 Å². The molecule has 0 saturated carbocycles. The van der Waals surface area contributed by atoms with Crippen molar-refractivity contribution in [3.63, 3.8) is 0 Å². The fourth-order valence-electron chi connectivity index (χ4n) is 1.72. The highest BCUT2D eigenvalue weighted by molar-refractivity contribution is 5.73. The van der Waals surface area contributed by atoms with Crippen molar-refractivity contribution in [2.45, 2.75) is 6.36 Å². The number of ether oxygens (including phenoxy) is 1. The normalized spacial score (nSPS) is 10.9. The Labute approximate surface area is 113 Å². The lowest BCUT2D eigenvalue weighted by atomic mass is 10.00. The van der Waals surface area contributed by atoms with Gasteiger partial charge in [-0.15, -0.1) is 13.2 Å². The highest BCUT2D eigenvalue weighted by atomic mass is 19.4. The molecule has 2 N–H and O–H groups in total. The predicted molar refractivity (Wildman–Crippen MR) is 67.7 cm³/mol. The van der Waals surface area contributed by atoms with E-state index in [1.807, 2.05) is 6.07 Å². The van der Waals surface area contributed by atoms with Crippen LogP contribution in [-0.2, 0) is 0 Å². The number of nitrogen functional groups attached to an aromatic ring is 1. The number of anilines is 1. The number of nitriles is 1. The summed E-state index contributed by atoms with van der Waals surface area (Å²) in [6.45, 7) is 0. The van der Waals surface area contributed by atoms with E-state index < -0.39 is 6.36 Å². The zero-order chi connectivity index (χ0) is 14.8. The van der Waals surface area contributed by atoms with E-state index in [4.69, 9.17) is 11.0 Å². The Hall–Kier alpha value is -2.68. The maximum atomic E-state index is 12.2. The molecule has 0 heterocycles. The van der Waals surface area contributed by atoms with Crippen molar-refractivity contribution in [2.24, 2.45) is 0 Å². The van der Waals surface area contributed by atoms with E-state index in [-0.39, 0.29) is 11.3 Å². The third kappa shape index (κ3) is 3.20. The van der Waals surface area contributed by atoms with Crippen molar-refractivity contribution in [1.29, 1.82) is 5.26 Å². The van der Waals surface area contributed by atoms with Gasteiger partial charge < -0.3 is 10.5 Å². The Bertz CT molecular complexity index is 658. The van der Waals surface area contributed by atoms with Crippen LogP contribution in [0.4, 0.5) is 18.9 Å². The molecule has 0 amide bonds. The molecule has 3 nitrogen and oxygen atoms in total. The van der Waals surface area contributed by atoms with Crippen molar-refractivity contribution in [3.8, 4) is 22.9 Å². The van der Waals surface area contributed by atoms with Crippen LogP contribution in [0.15, 0.2) is 42.5 Å². The Balaban J connectivity index is 2.47. The average molecular weight is 278 g/mol. The van der Waals surface area contributed by atoms with Gasteiger partial charge in [-0.3, -0.25) is 0 Å². The average Bonchev–Trinajstić information content (AvgIpc) is 2.38. The van der Waals surface area contributed by atoms with Gasteiger partial charge in [0.05, 0.1) is 11.6 Å². The second-order valence-corrected chi connectivity index (χ2v) is 3.99. The van der Waals surface area contributed by atoms with E-state index in [1.165, 1.54) is 12.1 Å². The monoisotopic (exact) mass is 278 g/mol. The smallest absolute Gasteiger partial charge is 0.406 e. The number of rotatable bonds is 2. The minimum absolute atomic E-state index is 0.254. The van der Waals surface area contributed by atoms with Gasteiger partial charge in [0.15, 0.2) is 0 Å². The van der Waals surface area contributed by atoms with Crippen molar-refractivity contribution in [3.05, 3.63) is 48.0 Å². The molecule has 2 rings (SSSR count). The topological polar surface area (TPSA) is 59.0 Å². The SMILES string of the molecule is N#Cc1ccc(OC(F)(F)F)cc1-c1ccc(N)cc1.